The Hall–Kier alpha value is -3.31. The summed E-state index contributed by atoms with van der Waals surface area (Å²) < 4.78 is 69.5. The lowest BCUT2D eigenvalue weighted by Gasteiger charge is -2.36. The topological polar surface area (TPSA) is 133 Å². The lowest BCUT2D eigenvalue weighted by Crippen LogP contribution is -2.48. The first-order chi connectivity index (χ1) is 18.2. The van der Waals surface area contributed by atoms with Crippen LogP contribution < -0.4 is 0 Å². The number of hydrogen-bond donors (Lipinski definition) is 2. The number of carboxylic acids is 2. The summed E-state index contributed by atoms with van der Waals surface area (Å²) in [5, 5.41) is 17.4. The molecule has 2 aromatic rings. The van der Waals surface area contributed by atoms with Crippen LogP contribution in [0.3, 0.4) is 0 Å². The zero-order chi connectivity index (χ0) is 29.2. The minimum Gasteiger partial charge on any atom is -0.475 e. The molecular formula is C22H24F6N4O6S. The lowest BCUT2D eigenvalue weighted by atomic mass is 9.92. The van der Waals surface area contributed by atoms with Crippen LogP contribution >= 0.6 is 11.3 Å². The van der Waals surface area contributed by atoms with Gasteiger partial charge < -0.3 is 19.8 Å². The summed E-state index contributed by atoms with van der Waals surface area (Å²) in [4.78, 5) is 43.5. The van der Waals surface area contributed by atoms with E-state index < -0.39 is 24.3 Å². The highest BCUT2D eigenvalue weighted by molar-refractivity contribution is 7.09. The fraction of sp³-hybridized carbons (Fsp3) is 0.500. The molecule has 0 spiro atoms. The maximum absolute atomic E-state index is 13.0. The number of aromatic nitrogens is 2. The molecule has 2 atom stereocenters. The monoisotopic (exact) mass is 586 g/mol. The number of amides is 1. The zero-order valence-electron chi connectivity index (χ0n) is 20.1. The van der Waals surface area contributed by atoms with Gasteiger partial charge in [0.05, 0.1) is 25.2 Å². The number of piperidine rings is 1. The summed E-state index contributed by atoms with van der Waals surface area (Å²) in [7, 11) is 0. The molecule has 0 saturated carbocycles. The highest BCUT2D eigenvalue weighted by atomic mass is 32.1. The number of rotatable bonds is 4. The third-order valence-corrected chi connectivity index (χ3v) is 6.18. The average Bonchev–Trinajstić information content (AvgIpc) is 3.31. The molecule has 2 aromatic heterocycles. The van der Waals surface area contributed by atoms with Crippen molar-refractivity contribution >= 4 is 29.2 Å². The van der Waals surface area contributed by atoms with Gasteiger partial charge in [-0.15, -0.1) is 11.3 Å². The molecule has 0 bridgehead atoms. The number of alkyl halides is 6. The molecule has 216 valence electrons. The van der Waals surface area contributed by atoms with Crippen LogP contribution in [0.25, 0.3) is 0 Å². The summed E-state index contributed by atoms with van der Waals surface area (Å²) in [6, 6.07) is 3.93. The first-order valence-electron chi connectivity index (χ1n) is 11.2. The SMILES string of the molecule is O=C(O)C(F)(F)F.O=C(O)C(F)(F)F.O=C1[C@@H]2CCN(Cc3nccs3)C[C@@H]2OCCN1Cc1ccncc1. The Kier molecular flexibility index (Phi) is 11.6. The van der Waals surface area contributed by atoms with Gasteiger partial charge in [0.1, 0.15) is 5.01 Å². The van der Waals surface area contributed by atoms with Crippen molar-refractivity contribution in [2.45, 2.75) is 38.0 Å². The molecule has 2 aliphatic rings. The predicted octanol–water partition coefficient (Wildman–Crippen LogP) is 3.05. The number of carboxylic acid groups (broad SMARTS) is 2. The van der Waals surface area contributed by atoms with E-state index >= 15 is 0 Å². The van der Waals surface area contributed by atoms with E-state index in [-0.39, 0.29) is 17.9 Å². The summed E-state index contributed by atoms with van der Waals surface area (Å²) in [6.07, 6.45) is -3.94. The third kappa shape index (κ3) is 10.8. The van der Waals surface area contributed by atoms with Gasteiger partial charge in [0, 0.05) is 43.6 Å². The van der Waals surface area contributed by atoms with E-state index in [0.29, 0.717) is 19.7 Å². The van der Waals surface area contributed by atoms with Crippen LogP contribution in [0.1, 0.15) is 17.0 Å². The second kappa shape index (κ2) is 14.2. The van der Waals surface area contributed by atoms with Gasteiger partial charge in [-0.3, -0.25) is 14.7 Å². The van der Waals surface area contributed by atoms with Gasteiger partial charge in [-0.25, -0.2) is 14.6 Å². The van der Waals surface area contributed by atoms with Crippen molar-refractivity contribution in [2.24, 2.45) is 5.92 Å². The molecule has 0 aliphatic carbocycles. The lowest BCUT2D eigenvalue weighted by molar-refractivity contribution is -0.193. The van der Waals surface area contributed by atoms with E-state index in [1.807, 2.05) is 28.6 Å². The minimum absolute atomic E-state index is 0.0105. The van der Waals surface area contributed by atoms with E-state index in [4.69, 9.17) is 24.5 Å². The number of ether oxygens (including phenoxy) is 1. The first kappa shape index (κ1) is 31.9. The number of nitrogens with zero attached hydrogens (tertiary/aromatic N) is 4. The standard InChI is InChI=1S/C18H22N4O2S.2C2HF3O2/c23-18-15-3-7-21(13-17-20-6-10-25-17)12-16(15)24-9-8-22(18)11-14-1-4-19-5-2-14;2*3-2(4,5)1(6)7/h1-2,4-6,10,15-16H,3,7-9,11-13H2;2*(H,6,7)/t15-,16+;;/m1../s1. The normalized spacial score (nSPS) is 19.9. The van der Waals surface area contributed by atoms with Gasteiger partial charge in [0.2, 0.25) is 5.91 Å². The first-order valence-corrected chi connectivity index (χ1v) is 12.1. The van der Waals surface area contributed by atoms with Crippen molar-refractivity contribution in [3.63, 3.8) is 0 Å². The Morgan fingerprint density at radius 3 is 2.10 bits per heavy atom. The Labute approximate surface area is 221 Å². The molecule has 1 amide bonds. The largest absolute Gasteiger partial charge is 0.490 e. The van der Waals surface area contributed by atoms with Crippen molar-refractivity contribution in [2.75, 3.05) is 26.2 Å². The van der Waals surface area contributed by atoms with Crippen LogP contribution in [0.4, 0.5) is 26.3 Å². The van der Waals surface area contributed by atoms with Gasteiger partial charge in [-0.1, -0.05) is 0 Å². The van der Waals surface area contributed by atoms with Gasteiger partial charge in [0.15, 0.2) is 0 Å². The van der Waals surface area contributed by atoms with Crippen molar-refractivity contribution in [1.82, 2.24) is 19.8 Å². The number of aliphatic carboxylic acids is 2. The second-order valence-corrected chi connectivity index (χ2v) is 9.17. The van der Waals surface area contributed by atoms with Crippen molar-refractivity contribution in [3.8, 4) is 0 Å². The Bertz CT molecular complexity index is 1050. The van der Waals surface area contributed by atoms with Gasteiger partial charge in [0.25, 0.3) is 0 Å². The predicted molar refractivity (Wildman–Crippen MR) is 122 cm³/mol. The summed E-state index contributed by atoms with van der Waals surface area (Å²) in [6.45, 7) is 4.46. The second-order valence-electron chi connectivity index (χ2n) is 8.19. The van der Waals surface area contributed by atoms with Crippen molar-refractivity contribution < 1.29 is 55.7 Å². The third-order valence-electron chi connectivity index (χ3n) is 5.42. The number of fused-ring (bicyclic) bond motifs is 1. The minimum atomic E-state index is -5.08. The molecule has 4 rings (SSSR count). The number of hydrogen-bond acceptors (Lipinski definition) is 8. The summed E-state index contributed by atoms with van der Waals surface area (Å²) >= 11 is 1.68. The summed E-state index contributed by atoms with van der Waals surface area (Å²) in [5.74, 6) is -5.31. The number of carbonyl (C=O) groups excluding carboxylic acids is 1. The van der Waals surface area contributed by atoms with Crippen LogP contribution in [0.5, 0.6) is 0 Å². The average molecular weight is 587 g/mol. The molecule has 2 N–H and O–H groups in total. The van der Waals surface area contributed by atoms with E-state index in [9.17, 15) is 31.1 Å². The fourth-order valence-corrected chi connectivity index (χ4v) is 4.28. The van der Waals surface area contributed by atoms with Gasteiger partial charge in [-0.2, -0.15) is 26.3 Å². The molecule has 0 aromatic carbocycles. The molecule has 39 heavy (non-hydrogen) atoms. The number of likely N-dealkylation sites (tertiary alicyclic amines) is 1. The number of thiazole rings is 1. The maximum Gasteiger partial charge on any atom is 0.490 e. The van der Waals surface area contributed by atoms with E-state index in [1.54, 1.807) is 23.7 Å². The van der Waals surface area contributed by atoms with Crippen LogP contribution in [-0.4, -0.2) is 92.5 Å². The number of halogens is 6. The molecule has 0 unspecified atom stereocenters. The smallest absolute Gasteiger partial charge is 0.475 e. The highest BCUT2D eigenvalue weighted by Gasteiger charge is 2.40. The summed E-state index contributed by atoms with van der Waals surface area (Å²) in [5.41, 5.74) is 1.11. The maximum atomic E-state index is 13.0. The van der Waals surface area contributed by atoms with Crippen LogP contribution in [0.15, 0.2) is 36.1 Å². The quantitative estimate of drug-likeness (QED) is 0.519. The Balaban J connectivity index is 0.000000317. The van der Waals surface area contributed by atoms with E-state index in [2.05, 4.69) is 14.9 Å². The molecular weight excluding hydrogens is 562 g/mol. The molecule has 2 fully saturated rings. The fourth-order valence-electron chi connectivity index (χ4n) is 3.62. The van der Waals surface area contributed by atoms with Crippen molar-refractivity contribution in [1.29, 1.82) is 0 Å². The van der Waals surface area contributed by atoms with E-state index in [1.165, 1.54) is 0 Å². The number of carbonyl (C=O) groups is 3. The molecule has 0 radical (unpaired) electrons. The molecule has 10 nitrogen and oxygen atoms in total. The molecule has 2 aliphatic heterocycles. The van der Waals surface area contributed by atoms with Gasteiger partial charge in [-0.05, 0) is 30.7 Å². The van der Waals surface area contributed by atoms with Crippen LogP contribution in [0.2, 0.25) is 0 Å². The Morgan fingerprint density at radius 1 is 1.00 bits per heavy atom. The van der Waals surface area contributed by atoms with Gasteiger partial charge >= 0.3 is 24.3 Å². The Morgan fingerprint density at radius 2 is 1.59 bits per heavy atom. The molecule has 2 saturated heterocycles. The van der Waals surface area contributed by atoms with E-state index in [0.717, 1.165) is 36.6 Å². The van der Waals surface area contributed by atoms with Crippen LogP contribution in [0, 0.1) is 5.92 Å². The van der Waals surface area contributed by atoms with Crippen molar-refractivity contribution in [3.05, 3.63) is 46.7 Å². The highest BCUT2D eigenvalue weighted by Crippen LogP contribution is 2.27. The van der Waals surface area contributed by atoms with Crippen LogP contribution in [-0.2, 0) is 32.2 Å². The molecule has 17 heteroatoms. The number of pyridine rings is 1. The zero-order valence-corrected chi connectivity index (χ0v) is 20.9. The molecule has 4 heterocycles.